The van der Waals surface area contributed by atoms with Gasteiger partial charge in [-0.3, -0.25) is 9.89 Å². The number of nitrogens with one attached hydrogen (secondary N) is 3. The van der Waals surface area contributed by atoms with Gasteiger partial charge in [0.2, 0.25) is 5.88 Å². The fraction of sp³-hybridized carbons (Fsp3) is 0.304. The van der Waals surface area contributed by atoms with Gasteiger partial charge in [-0.2, -0.15) is 10.4 Å². The Hall–Kier alpha value is -4.13. The first-order valence-corrected chi connectivity index (χ1v) is 10.5. The number of rotatable bonds is 7. The first-order chi connectivity index (χ1) is 16.0. The number of amides is 1. The predicted molar refractivity (Wildman–Crippen MR) is 121 cm³/mol. The molecule has 3 heterocycles. The quantitative estimate of drug-likeness (QED) is 0.506. The van der Waals surface area contributed by atoms with Crippen LogP contribution < -0.4 is 20.3 Å². The lowest BCUT2D eigenvalue weighted by molar-refractivity contribution is 0.0883. The lowest BCUT2D eigenvalue weighted by Gasteiger charge is -2.42. The molecule has 1 aliphatic heterocycles. The summed E-state index contributed by atoms with van der Waals surface area (Å²) in [5, 5.41) is 22.3. The molecule has 0 radical (unpaired) electrons. The Morgan fingerprint density at radius 1 is 1.24 bits per heavy atom. The predicted octanol–water partition coefficient (Wildman–Crippen LogP) is 3.38. The number of methoxy groups -OCH3 is 1. The van der Waals surface area contributed by atoms with Crippen LogP contribution in [-0.4, -0.2) is 46.8 Å². The highest BCUT2D eigenvalue weighted by Gasteiger charge is 2.37. The van der Waals surface area contributed by atoms with Crippen LogP contribution in [0.4, 0.5) is 21.6 Å². The van der Waals surface area contributed by atoms with Crippen LogP contribution in [0.25, 0.3) is 0 Å². The number of ether oxygens (including phenoxy) is 1. The van der Waals surface area contributed by atoms with E-state index in [4.69, 9.17) is 4.74 Å². The van der Waals surface area contributed by atoms with Crippen LogP contribution in [0.2, 0.25) is 0 Å². The van der Waals surface area contributed by atoms with Crippen LogP contribution in [0.1, 0.15) is 29.6 Å². The third-order valence-corrected chi connectivity index (χ3v) is 5.81. The summed E-state index contributed by atoms with van der Waals surface area (Å²) in [7, 11) is 1.57. The number of carbonyl (C=O) groups excluding carboxylic acids is 1. The molecule has 170 valence electrons. The minimum atomic E-state index is -0.646. The number of aromatic nitrogens is 3. The lowest BCUT2D eigenvalue weighted by Crippen LogP contribution is -2.55. The van der Waals surface area contributed by atoms with Crippen molar-refractivity contribution >= 4 is 23.1 Å². The Morgan fingerprint density at radius 3 is 2.64 bits per heavy atom. The lowest BCUT2D eigenvalue weighted by atomic mass is 9.84. The van der Waals surface area contributed by atoms with Crippen LogP contribution in [-0.2, 0) is 0 Å². The van der Waals surface area contributed by atoms with Crippen LogP contribution in [0.3, 0.4) is 0 Å². The molecule has 0 unspecified atom stereocenters. The molecule has 9 nitrogen and oxygen atoms in total. The van der Waals surface area contributed by atoms with Gasteiger partial charge in [0, 0.05) is 24.8 Å². The highest BCUT2D eigenvalue weighted by molar-refractivity contribution is 5.99. The average Bonchev–Trinajstić information content (AvgIpc) is 3.30. The van der Waals surface area contributed by atoms with Crippen LogP contribution >= 0.6 is 0 Å². The van der Waals surface area contributed by atoms with Gasteiger partial charge in [-0.05, 0) is 43.2 Å². The van der Waals surface area contributed by atoms with Crippen molar-refractivity contribution in [3.63, 3.8) is 0 Å². The van der Waals surface area contributed by atoms with E-state index in [1.807, 2.05) is 12.1 Å². The van der Waals surface area contributed by atoms with Crippen molar-refractivity contribution in [2.75, 3.05) is 30.4 Å². The molecule has 3 N–H and O–H groups in total. The molecule has 0 aliphatic carbocycles. The summed E-state index contributed by atoms with van der Waals surface area (Å²) < 4.78 is 18.3. The molecule has 1 aliphatic rings. The van der Waals surface area contributed by atoms with Crippen LogP contribution in [0.5, 0.6) is 5.88 Å². The van der Waals surface area contributed by atoms with Crippen LogP contribution in [0, 0.1) is 17.1 Å². The fourth-order valence-electron chi connectivity index (χ4n) is 3.91. The molecular weight excluding hydrogens is 425 g/mol. The van der Waals surface area contributed by atoms with Crippen molar-refractivity contribution in [1.29, 1.82) is 5.26 Å². The number of hydrogen-bond acceptors (Lipinski definition) is 7. The van der Waals surface area contributed by atoms with Gasteiger partial charge >= 0.3 is 0 Å². The van der Waals surface area contributed by atoms with Crippen molar-refractivity contribution in [1.82, 2.24) is 20.5 Å². The SMILES string of the molecule is COc1ccc(N2CCC(CC#N)(NC(=O)c3cn[nH]c3Nc3ccc(F)cc3)CC2)cn1. The summed E-state index contributed by atoms with van der Waals surface area (Å²) >= 11 is 0. The highest BCUT2D eigenvalue weighted by atomic mass is 19.1. The summed E-state index contributed by atoms with van der Waals surface area (Å²) in [4.78, 5) is 19.5. The minimum absolute atomic E-state index is 0.200. The highest BCUT2D eigenvalue weighted by Crippen LogP contribution is 2.30. The third-order valence-electron chi connectivity index (χ3n) is 5.81. The zero-order valence-electron chi connectivity index (χ0n) is 18.1. The smallest absolute Gasteiger partial charge is 0.257 e. The van der Waals surface area contributed by atoms with E-state index in [0.717, 1.165) is 5.69 Å². The maximum atomic E-state index is 13.2. The topological polar surface area (TPSA) is 119 Å². The van der Waals surface area contributed by atoms with Crippen molar-refractivity contribution < 1.29 is 13.9 Å². The van der Waals surface area contributed by atoms with Crippen molar-refractivity contribution in [2.45, 2.75) is 24.8 Å². The molecule has 1 saturated heterocycles. The molecule has 33 heavy (non-hydrogen) atoms. The van der Waals surface area contributed by atoms with E-state index in [9.17, 15) is 14.4 Å². The first-order valence-electron chi connectivity index (χ1n) is 10.5. The van der Waals surface area contributed by atoms with E-state index in [0.29, 0.717) is 48.9 Å². The second kappa shape index (κ2) is 9.56. The molecule has 3 aromatic rings. The first kappa shape index (κ1) is 22.1. The number of nitrogens with zero attached hydrogens (tertiary/aromatic N) is 4. The zero-order valence-corrected chi connectivity index (χ0v) is 18.1. The van der Waals surface area contributed by atoms with E-state index >= 15 is 0 Å². The molecule has 0 bridgehead atoms. The van der Waals surface area contributed by atoms with Gasteiger partial charge in [-0.1, -0.05) is 0 Å². The Morgan fingerprint density at radius 2 is 2.00 bits per heavy atom. The number of pyridine rings is 1. The van der Waals surface area contributed by atoms with Gasteiger partial charge in [0.1, 0.15) is 17.2 Å². The number of piperidine rings is 1. The van der Waals surface area contributed by atoms with E-state index in [-0.39, 0.29) is 18.1 Å². The molecule has 0 spiro atoms. The van der Waals surface area contributed by atoms with Crippen molar-refractivity contribution in [3.05, 3.63) is 60.2 Å². The number of nitriles is 1. The average molecular weight is 449 g/mol. The number of halogens is 1. The Bertz CT molecular complexity index is 1130. The van der Waals surface area contributed by atoms with E-state index in [1.165, 1.54) is 18.3 Å². The number of carbonyl (C=O) groups is 1. The largest absolute Gasteiger partial charge is 0.481 e. The Kier molecular flexibility index (Phi) is 6.40. The Labute approximate surface area is 190 Å². The molecular formula is C23H24FN7O2. The number of H-pyrrole nitrogens is 1. The number of hydrogen-bond donors (Lipinski definition) is 3. The molecule has 0 saturated carbocycles. The van der Waals surface area contributed by atoms with E-state index < -0.39 is 5.54 Å². The molecule has 10 heteroatoms. The molecule has 0 atom stereocenters. The summed E-state index contributed by atoms with van der Waals surface area (Å²) in [5.74, 6) is 0.265. The molecule has 1 fully saturated rings. The van der Waals surface area contributed by atoms with E-state index in [2.05, 4.69) is 36.8 Å². The number of aromatic amines is 1. The molecule has 4 rings (SSSR count). The third kappa shape index (κ3) is 5.03. The monoisotopic (exact) mass is 449 g/mol. The van der Waals surface area contributed by atoms with Crippen molar-refractivity contribution in [2.24, 2.45) is 0 Å². The number of benzene rings is 1. The standard InChI is InChI=1S/C23H24FN7O2/c1-33-20-7-6-18(14-26-20)31-12-9-23(8-11-25,10-13-31)29-22(32)19-15-27-30-21(19)28-17-4-2-16(24)3-5-17/h2-7,14-15H,8-10,12-13H2,1H3,(H,29,32)(H2,27,28,30). The van der Waals surface area contributed by atoms with Gasteiger partial charge in [0.05, 0.1) is 43.2 Å². The number of anilines is 3. The van der Waals surface area contributed by atoms with Gasteiger partial charge < -0.3 is 20.3 Å². The van der Waals surface area contributed by atoms with Crippen molar-refractivity contribution in [3.8, 4) is 11.9 Å². The minimum Gasteiger partial charge on any atom is -0.481 e. The maximum absolute atomic E-state index is 13.2. The van der Waals surface area contributed by atoms with Crippen LogP contribution in [0.15, 0.2) is 48.8 Å². The van der Waals surface area contributed by atoms with Gasteiger partial charge in [0.15, 0.2) is 0 Å². The Balaban J connectivity index is 1.44. The maximum Gasteiger partial charge on any atom is 0.257 e. The molecule has 2 aromatic heterocycles. The molecule has 1 amide bonds. The summed E-state index contributed by atoms with van der Waals surface area (Å²) in [6.45, 7) is 1.34. The zero-order chi connectivity index (χ0) is 23.3. The second-order valence-electron chi connectivity index (χ2n) is 7.91. The summed E-state index contributed by atoms with van der Waals surface area (Å²) in [6.07, 6.45) is 4.60. The van der Waals surface area contributed by atoms with Gasteiger partial charge in [-0.15, -0.1) is 0 Å². The normalized spacial score (nSPS) is 14.9. The van der Waals surface area contributed by atoms with Gasteiger partial charge in [-0.25, -0.2) is 9.37 Å². The van der Waals surface area contributed by atoms with E-state index in [1.54, 1.807) is 25.4 Å². The summed E-state index contributed by atoms with van der Waals surface area (Å²) in [5.41, 5.74) is 1.25. The second-order valence-corrected chi connectivity index (χ2v) is 7.91. The molecule has 1 aromatic carbocycles. The van der Waals surface area contributed by atoms with Gasteiger partial charge in [0.25, 0.3) is 5.91 Å². The fourth-order valence-corrected chi connectivity index (χ4v) is 3.91. The summed E-state index contributed by atoms with van der Waals surface area (Å²) in [6, 6.07) is 11.8.